The van der Waals surface area contributed by atoms with Crippen molar-refractivity contribution >= 4 is 0 Å². The van der Waals surface area contributed by atoms with Crippen LogP contribution in [0.1, 0.15) is 63.1 Å². The van der Waals surface area contributed by atoms with Crippen LogP contribution in [0.15, 0.2) is 0 Å². The summed E-state index contributed by atoms with van der Waals surface area (Å²) >= 11 is 0. The molecule has 102 valence electrons. The maximum absolute atomic E-state index is 4.60. The number of nitrogens with zero attached hydrogens (tertiary/aromatic N) is 3. The zero-order chi connectivity index (χ0) is 13.0. The molecule has 1 N–H and O–H groups in total. The van der Waals surface area contributed by atoms with Crippen molar-refractivity contribution in [1.29, 1.82) is 0 Å². The van der Waals surface area contributed by atoms with Crippen LogP contribution in [-0.2, 0) is 0 Å². The van der Waals surface area contributed by atoms with Crippen molar-refractivity contribution in [3.63, 3.8) is 0 Å². The molecule has 1 aliphatic carbocycles. The monoisotopic (exact) mass is 250 g/mol. The molecular formula is C14H26N4. The smallest absolute Gasteiger partial charge is 0.147 e. The quantitative estimate of drug-likeness (QED) is 0.836. The molecule has 1 aromatic rings. The van der Waals surface area contributed by atoms with Gasteiger partial charge < -0.3 is 5.32 Å². The molecule has 2 atom stereocenters. The highest BCUT2D eigenvalue weighted by Gasteiger charge is 2.26. The van der Waals surface area contributed by atoms with Gasteiger partial charge in [0.2, 0.25) is 0 Å². The Morgan fingerprint density at radius 1 is 1.22 bits per heavy atom. The van der Waals surface area contributed by atoms with Gasteiger partial charge >= 0.3 is 0 Å². The van der Waals surface area contributed by atoms with E-state index >= 15 is 0 Å². The summed E-state index contributed by atoms with van der Waals surface area (Å²) < 4.78 is 2.16. The molecular weight excluding hydrogens is 224 g/mol. The van der Waals surface area contributed by atoms with Gasteiger partial charge in [-0.15, -0.1) is 0 Å². The molecule has 1 aromatic heterocycles. The van der Waals surface area contributed by atoms with Crippen LogP contribution in [0.25, 0.3) is 0 Å². The van der Waals surface area contributed by atoms with Gasteiger partial charge in [0.15, 0.2) is 0 Å². The van der Waals surface area contributed by atoms with Crippen LogP contribution in [0.5, 0.6) is 0 Å². The summed E-state index contributed by atoms with van der Waals surface area (Å²) in [5.74, 6) is 1.95. The van der Waals surface area contributed by atoms with E-state index < -0.39 is 0 Å². The van der Waals surface area contributed by atoms with Gasteiger partial charge in [-0.05, 0) is 39.7 Å². The fraction of sp³-hybridized carbons (Fsp3) is 0.857. The first kappa shape index (κ1) is 13.5. The maximum atomic E-state index is 4.60. The minimum Gasteiger partial charge on any atom is -0.312 e. The molecule has 2 unspecified atom stereocenters. The lowest BCUT2D eigenvalue weighted by atomic mass is 10.0. The second kappa shape index (κ2) is 6.32. The van der Waals surface area contributed by atoms with E-state index in [-0.39, 0.29) is 0 Å². The SMILES string of the molecule is CCCNC1CCCCCC1n1nc(C)nc1C. The number of aromatic nitrogens is 3. The third kappa shape index (κ3) is 3.10. The summed E-state index contributed by atoms with van der Waals surface area (Å²) in [6.45, 7) is 7.38. The first-order chi connectivity index (χ1) is 8.72. The first-order valence-electron chi connectivity index (χ1n) is 7.35. The molecule has 0 aromatic carbocycles. The Morgan fingerprint density at radius 3 is 2.67 bits per heavy atom. The Balaban J connectivity index is 2.16. The van der Waals surface area contributed by atoms with Crippen molar-refractivity contribution in [2.45, 2.75) is 71.4 Å². The minimum atomic E-state index is 0.486. The molecule has 2 rings (SSSR count). The normalized spacial score (nSPS) is 25.1. The van der Waals surface area contributed by atoms with E-state index in [4.69, 9.17) is 0 Å². The second-order valence-corrected chi connectivity index (χ2v) is 5.42. The van der Waals surface area contributed by atoms with E-state index in [1.54, 1.807) is 0 Å². The van der Waals surface area contributed by atoms with Gasteiger partial charge in [0.05, 0.1) is 6.04 Å². The molecule has 0 amide bonds. The van der Waals surface area contributed by atoms with E-state index in [0.717, 1.165) is 18.2 Å². The molecule has 1 heterocycles. The summed E-state index contributed by atoms with van der Waals surface area (Å²) in [6.07, 6.45) is 7.69. The van der Waals surface area contributed by atoms with Crippen LogP contribution in [0.2, 0.25) is 0 Å². The third-order valence-electron chi connectivity index (χ3n) is 3.86. The van der Waals surface area contributed by atoms with Crippen LogP contribution < -0.4 is 5.32 Å². The summed E-state index contributed by atoms with van der Waals surface area (Å²) in [7, 11) is 0. The number of hydrogen-bond donors (Lipinski definition) is 1. The van der Waals surface area contributed by atoms with Crippen molar-refractivity contribution in [1.82, 2.24) is 20.1 Å². The van der Waals surface area contributed by atoms with Gasteiger partial charge in [0, 0.05) is 6.04 Å². The summed E-state index contributed by atoms with van der Waals surface area (Å²) in [6, 6.07) is 1.05. The zero-order valence-electron chi connectivity index (χ0n) is 11.9. The Hall–Kier alpha value is -0.900. The Bertz CT molecular complexity index is 372. The van der Waals surface area contributed by atoms with Crippen LogP contribution in [0.3, 0.4) is 0 Å². The molecule has 1 saturated carbocycles. The molecule has 1 aliphatic rings. The molecule has 4 heteroatoms. The van der Waals surface area contributed by atoms with Crippen LogP contribution >= 0.6 is 0 Å². The molecule has 1 fully saturated rings. The fourth-order valence-corrected chi connectivity index (χ4v) is 3.00. The lowest BCUT2D eigenvalue weighted by Crippen LogP contribution is -2.38. The fourth-order valence-electron chi connectivity index (χ4n) is 3.00. The van der Waals surface area contributed by atoms with Crippen molar-refractivity contribution in [2.24, 2.45) is 0 Å². The Kier molecular flexibility index (Phi) is 4.75. The van der Waals surface area contributed by atoms with Crippen molar-refractivity contribution in [3.8, 4) is 0 Å². The average molecular weight is 250 g/mol. The minimum absolute atomic E-state index is 0.486. The van der Waals surface area contributed by atoms with E-state index in [0.29, 0.717) is 12.1 Å². The topological polar surface area (TPSA) is 42.7 Å². The molecule has 18 heavy (non-hydrogen) atoms. The van der Waals surface area contributed by atoms with E-state index in [1.807, 2.05) is 6.92 Å². The highest BCUT2D eigenvalue weighted by molar-refractivity contribution is 4.94. The van der Waals surface area contributed by atoms with E-state index in [1.165, 1.54) is 38.5 Å². The molecule has 0 saturated heterocycles. The molecule has 4 nitrogen and oxygen atoms in total. The summed E-state index contributed by atoms with van der Waals surface area (Å²) in [4.78, 5) is 4.46. The third-order valence-corrected chi connectivity index (χ3v) is 3.86. The summed E-state index contributed by atoms with van der Waals surface area (Å²) in [5.41, 5.74) is 0. The highest BCUT2D eigenvalue weighted by Crippen LogP contribution is 2.28. The number of hydrogen-bond acceptors (Lipinski definition) is 3. The molecule has 0 aliphatic heterocycles. The highest BCUT2D eigenvalue weighted by atomic mass is 15.4. The van der Waals surface area contributed by atoms with E-state index in [2.05, 4.69) is 33.9 Å². The predicted molar refractivity (Wildman–Crippen MR) is 73.7 cm³/mol. The van der Waals surface area contributed by atoms with Crippen molar-refractivity contribution < 1.29 is 0 Å². The number of aryl methyl sites for hydroxylation is 2. The van der Waals surface area contributed by atoms with Gasteiger partial charge in [-0.3, -0.25) is 0 Å². The molecule has 0 radical (unpaired) electrons. The van der Waals surface area contributed by atoms with Gasteiger partial charge in [-0.25, -0.2) is 9.67 Å². The van der Waals surface area contributed by atoms with Gasteiger partial charge in [-0.2, -0.15) is 5.10 Å². The van der Waals surface area contributed by atoms with Crippen LogP contribution in [0.4, 0.5) is 0 Å². The summed E-state index contributed by atoms with van der Waals surface area (Å²) in [5, 5.41) is 8.31. The lowest BCUT2D eigenvalue weighted by molar-refractivity contribution is 0.304. The van der Waals surface area contributed by atoms with Gasteiger partial charge in [0.1, 0.15) is 11.6 Å². The van der Waals surface area contributed by atoms with Crippen LogP contribution in [-0.4, -0.2) is 27.4 Å². The van der Waals surface area contributed by atoms with Crippen molar-refractivity contribution in [2.75, 3.05) is 6.54 Å². The van der Waals surface area contributed by atoms with Crippen molar-refractivity contribution in [3.05, 3.63) is 11.6 Å². The lowest BCUT2D eigenvalue weighted by Gasteiger charge is -2.27. The van der Waals surface area contributed by atoms with E-state index in [9.17, 15) is 0 Å². The van der Waals surface area contributed by atoms with Crippen LogP contribution in [0, 0.1) is 13.8 Å². The Morgan fingerprint density at radius 2 is 2.00 bits per heavy atom. The number of nitrogens with one attached hydrogen (secondary N) is 1. The van der Waals surface area contributed by atoms with Gasteiger partial charge in [0.25, 0.3) is 0 Å². The zero-order valence-corrected chi connectivity index (χ0v) is 11.9. The largest absolute Gasteiger partial charge is 0.312 e. The average Bonchev–Trinajstić information content (AvgIpc) is 2.56. The first-order valence-corrected chi connectivity index (χ1v) is 7.35. The maximum Gasteiger partial charge on any atom is 0.147 e. The van der Waals surface area contributed by atoms with Gasteiger partial charge in [-0.1, -0.05) is 26.2 Å². The number of rotatable bonds is 4. The standard InChI is InChI=1S/C14H26N4/c1-4-10-15-13-8-6-5-7-9-14(13)18-12(3)16-11(2)17-18/h13-15H,4-10H2,1-3H3. The molecule has 0 spiro atoms. The Labute approximate surface area is 110 Å². The molecule has 0 bridgehead atoms. The predicted octanol–water partition coefficient (Wildman–Crippen LogP) is 2.77. The second-order valence-electron chi connectivity index (χ2n) is 5.42.